The summed E-state index contributed by atoms with van der Waals surface area (Å²) in [6, 6.07) is 0. The van der Waals surface area contributed by atoms with Crippen molar-refractivity contribution in [1.29, 1.82) is 0 Å². The van der Waals surface area contributed by atoms with Crippen molar-refractivity contribution in [2.45, 2.75) is 19.3 Å². The molecule has 0 atom stereocenters. The maximum absolute atomic E-state index is 12.2. The van der Waals surface area contributed by atoms with Crippen molar-refractivity contribution in [3.8, 4) is 0 Å². The van der Waals surface area contributed by atoms with Gasteiger partial charge in [-0.2, -0.15) is 0 Å². The Morgan fingerprint density at radius 1 is 0.900 bits per heavy atom. The molecule has 1 amide bonds. The van der Waals surface area contributed by atoms with E-state index >= 15 is 0 Å². The SMILES string of the molecule is O=C(C1CCC1)N1CCN(CCN2CCOCC2)CC1. The molecule has 2 saturated heterocycles. The number of ether oxygens (including phenoxy) is 1. The van der Waals surface area contributed by atoms with Crippen molar-refractivity contribution in [2.24, 2.45) is 5.92 Å². The lowest BCUT2D eigenvalue weighted by atomic mass is 9.84. The summed E-state index contributed by atoms with van der Waals surface area (Å²) >= 11 is 0. The predicted molar refractivity (Wildman–Crippen MR) is 77.6 cm³/mol. The van der Waals surface area contributed by atoms with Crippen molar-refractivity contribution in [3.63, 3.8) is 0 Å². The van der Waals surface area contributed by atoms with E-state index in [2.05, 4.69) is 14.7 Å². The average Bonchev–Trinajstić information content (AvgIpc) is 2.45. The topological polar surface area (TPSA) is 36.0 Å². The van der Waals surface area contributed by atoms with Gasteiger partial charge in [-0.1, -0.05) is 6.42 Å². The van der Waals surface area contributed by atoms with Gasteiger partial charge in [-0.15, -0.1) is 0 Å². The van der Waals surface area contributed by atoms with Crippen LogP contribution >= 0.6 is 0 Å². The molecule has 1 aliphatic carbocycles. The largest absolute Gasteiger partial charge is 0.379 e. The fourth-order valence-electron chi connectivity index (χ4n) is 3.21. The molecule has 0 bridgehead atoms. The van der Waals surface area contributed by atoms with Gasteiger partial charge in [0, 0.05) is 58.3 Å². The number of carbonyl (C=O) groups excluding carboxylic acids is 1. The van der Waals surface area contributed by atoms with Crippen LogP contribution in [0, 0.1) is 5.92 Å². The number of hydrogen-bond donors (Lipinski definition) is 0. The van der Waals surface area contributed by atoms with Crippen LogP contribution < -0.4 is 0 Å². The summed E-state index contributed by atoms with van der Waals surface area (Å²) in [4.78, 5) is 19.3. The molecule has 5 nitrogen and oxygen atoms in total. The van der Waals surface area contributed by atoms with E-state index < -0.39 is 0 Å². The van der Waals surface area contributed by atoms with Crippen LogP contribution in [-0.4, -0.2) is 86.2 Å². The summed E-state index contributed by atoms with van der Waals surface area (Å²) in [6.45, 7) is 10.1. The average molecular weight is 281 g/mol. The van der Waals surface area contributed by atoms with Crippen LogP contribution in [-0.2, 0) is 9.53 Å². The molecule has 2 aliphatic heterocycles. The first-order chi connectivity index (χ1) is 9.83. The van der Waals surface area contributed by atoms with E-state index in [0.717, 1.165) is 78.4 Å². The van der Waals surface area contributed by atoms with E-state index in [9.17, 15) is 4.79 Å². The smallest absolute Gasteiger partial charge is 0.225 e. The lowest BCUT2D eigenvalue weighted by Crippen LogP contribution is -2.52. The first-order valence-electron chi connectivity index (χ1n) is 8.14. The van der Waals surface area contributed by atoms with E-state index in [0.29, 0.717) is 11.8 Å². The van der Waals surface area contributed by atoms with Crippen LogP contribution in [0.3, 0.4) is 0 Å². The van der Waals surface area contributed by atoms with Crippen molar-refractivity contribution in [1.82, 2.24) is 14.7 Å². The first-order valence-corrected chi connectivity index (χ1v) is 8.14. The number of amides is 1. The van der Waals surface area contributed by atoms with Gasteiger partial charge in [0.15, 0.2) is 0 Å². The minimum absolute atomic E-state index is 0.356. The molecule has 3 aliphatic rings. The monoisotopic (exact) mass is 281 g/mol. The third-order valence-electron chi connectivity index (χ3n) is 4.97. The minimum Gasteiger partial charge on any atom is -0.379 e. The Hall–Kier alpha value is -0.650. The van der Waals surface area contributed by atoms with Crippen LogP contribution in [0.2, 0.25) is 0 Å². The summed E-state index contributed by atoms with van der Waals surface area (Å²) in [5.41, 5.74) is 0. The molecule has 5 heteroatoms. The molecule has 0 spiro atoms. The molecule has 1 saturated carbocycles. The summed E-state index contributed by atoms with van der Waals surface area (Å²) < 4.78 is 5.37. The molecule has 0 aromatic carbocycles. The number of nitrogens with zero attached hydrogens (tertiary/aromatic N) is 3. The van der Waals surface area contributed by atoms with Gasteiger partial charge in [0.2, 0.25) is 5.91 Å². The molecule has 3 rings (SSSR count). The van der Waals surface area contributed by atoms with Crippen LogP contribution in [0.1, 0.15) is 19.3 Å². The fraction of sp³-hybridized carbons (Fsp3) is 0.933. The second-order valence-corrected chi connectivity index (χ2v) is 6.25. The van der Waals surface area contributed by atoms with Crippen LogP contribution in [0.5, 0.6) is 0 Å². The van der Waals surface area contributed by atoms with Gasteiger partial charge in [0.25, 0.3) is 0 Å². The number of hydrogen-bond acceptors (Lipinski definition) is 4. The third-order valence-corrected chi connectivity index (χ3v) is 4.97. The Labute approximate surface area is 121 Å². The summed E-state index contributed by atoms with van der Waals surface area (Å²) in [5, 5.41) is 0. The quantitative estimate of drug-likeness (QED) is 0.741. The highest BCUT2D eigenvalue weighted by Gasteiger charge is 2.31. The number of rotatable bonds is 4. The van der Waals surface area contributed by atoms with Gasteiger partial charge in [0.05, 0.1) is 13.2 Å². The molecule has 0 radical (unpaired) electrons. The number of carbonyl (C=O) groups is 1. The first kappa shape index (κ1) is 14.3. The molecular weight excluding hydrogens is 254 g/mol. The Morgan fingerprint density at radius 3 is 2.05 bits per heavy atom. The lowest BCUT2D eigenvalue weighted by molar-refractivity contribution is -0.140. The van der Waals surface area contributed by atoms with Gasteiger partial charge in [-0.25, -0.2) is 0 Å². The molecule has 114 valence electrons. The standard InChI is InChI=1S/C15H27N3O2/c19-15(14-2-1-3-14)18-8-6-16(7-9-18)4-5-17-10-12-20-13-11-17/h14H,1-13H2. The van der Waals surface area contributed by atoms with Gasteiger partial charge in [0.1, 0.15) is 0 Å². The van der Waals surface area contributed by atoms with Gasteiger partial charge in [-0.05, 0) is 12.8 Å². The second-order valence-electron chi connectivity index (χ2n) is 6.25. The zero-order chi connectivity index (χ0) is 13.8. The third kappa shape index (κ3) is 3.51. The molecule has 0 N–H and O–H groups in total. The maximum Gasteiger partial charge on any atom is 0.225 e. The van der Waals surface area contributed by atoms with E-state index in [1.54, 1.807) is 0 Å². The normalized spacial score (nSPS) is 26.5. The van der Waals surface area contributed by atoms with Crippen molar-refractivity contribution in [2.75, 3.05) is 65.6 Å². The zero-order valence-corrected chi connectivity index (χ0v) is 12.4. The van der Waals surface area contributed by atoms with Crippen molar-refractivity contribution >= 4 is 5.91 Å². The fourth-order valence-corrected chi connectivity index (χ4v) is 3.21. The van der Waals surface area contributed by atoms with Gasteiger partial charge >= 0.3 is 0 Å². The molecule has 0 aromatic heterocycles. The summed E-state index contributed by atoms with van der Waals surface area (Å²) in [7, 11) is 0. The minimum atomic E-state index is 0.356. The Morgan fingerprint density at radius 2 is 1.50 bits per heavy atom. The van der Waals surface area contributed by atoms with Crippen molar-refractivity contribution in [3.05, 3.63) is 0 Å². The van der Waals surface area contributed by atoms with E-state index in [1.165, 1.54) is 6.42 Å². The molecule has 3 fully saturated rings. The highest BCUT2D eigenvalue weighted by Crippen LogP contribution is 2.28. The molecular formula is C15H27N3O2. The lowest BCUT2D eigenvalue weighted by Gasteiger charge is -2.39. The van der Waals surface area contributed by atoms with Crippen LogP contribution in [0.15, 0.2) is 0 Å². The summed E-state index contributed by atoms with van der Waals surface area (Å²) in [5.74, 6) is 0.777. The Kier molecular flexibility index (Phi) is 4.91. The molecule has 20 heavy (non-hydrogen) atoms. The highest BCUT2D eigenvalue weighted by molar-refractivity contribution is 5.79. The van der Waals surface area contributed by atoms with Gasteiger partial charge < -0.3 is 9.64 Å². The predicted octanol–water partition coefficient (Wildman–Crippen LogP) is 0.263. The molecule has 0 aromatic rings. The van der Waals surface area contributed by atoms with Gasteiger partial charge in [-0.3, -0.25) is 14.6 Å². The highest BCUT2D eigenvalue weighted by atomic mass is 16.5. The Bertz CT molecular complexity index is 319. The van der Waals surface area contributed by atoms with E-state index in [4.69, 9.17) is 4.74 Å². The Balaban J connectivity index is 1.34. The number of piperazine rings is 1. The number of morpholine rings is 1. The molecule has 0 unspecified atom stereocenters. The van der Waals surface area contributed by atoms with E-state index in [-0.39, 0.29) is 0 Å². The van der Waals surface area contributed by atoms with E-state index in [1.807, 2.05) is 0 Å². The summed E-state index contributed by atoms with van der Waals surface area (Å²) in [6.07, 6.45) is 3.49. The zero-order valence-electron chi connectivity index (χ0n) is 12.4. The molecule has 2 heterocycles. The maximum atomic E-state index is 12.2. The van der Waals surface area contributed by atoms with Crippen molar-refractivity contribution < 1.29 is 9.53 Å². The second kappa shape index (κ2) is 6.87. The van der Waals surface area contributed by atoms with Crippen LogP contribution in [0.25, 0.3) is 0 Å². The van der Waals surface area contributed by atoms with Crippen LogP contribution in [0.4, 0.5) is 0 Å².